The van der Waals surface area contributed by atoms with E-state index in [9.17, 15) is 9.59 Å². The zero-order valence-corrected chi connectivity index (χ0v) is 12.7. The normalized spacial score (nSPS) is 26.5. The van der Waals surface area contributed by atoms with E-state index in [0.717, 1.165) is 12.2 Å². The van der Waals surface area contributed by atoms with E-state index in [1.807, 2.05) is 19.1 Å². The summed E-state index contributed by atoms with van der Waals surface area (Å²) in [6.07, 6.45) is 7.10. The van der Waals surface area contributed by atoms with Gasteiger partial charge in [-0.25, -0.2) is 5.48 Å². The Morgan fingerprint density at radius 1 is 1.48 bits per heavy atom. The van der Waals surface area contributed by atoms with Crippen LogP contribution in [0.3, 0.4) is 0 Å². The Labute approximate surface area is 124 Å². The van der Waals surface area contributed by atoms with E-state index in [-0.39, 0.29) is 36.1 Å². The van der Waals surface area contributed by atoms with Crippen molar-refractivity contribution < 1.29 is 19.2 Å². The number of rotatable bonds is 5. The largest absolute Gasteiger partial charge is 0.497 e. The highest BCUT2D eigenvalue weighted by Crippen LogP contribution is 2.28. The number of nitrogens with zero attached hydrogens (tertiary/aromatic N) is 1. The van der Waals surface area contributed by atoms with Crippen molar-refractivity contribution in [3.8, 4) is 0 Å². The molecule has 1 aliphatic carbocycles. The van der Waals surface area contributed by atoms with E-state index in [2.05, 4.69) is 16.4 Å². The van der Waals surface area contributed by atoms with E-state index in [4.69, 9.17) is 4.74 Å². The lowest BCUT2D eigenvalue weighted by atomic mass is 9.92. The Kier molecular flexibility index (Phi) is 5.01. The summed E-state index contributed by atoms with van der Waals surface area (Å²) in [6, 6.07) is 0.0590. The van der Waals surface area contributed by atoms with Crippen LogP contribution in [0, 0.1) is 11.8 Å². The van der Waals surface area contributed by atoms with Gasteiger partial charge in [-0.15, -0.1) is 0 Å². The lowest BCUT2D eigenvalue weighted by Gasteiger charge is -2.31. The number of nitrogens with one attached hydrogen (secondary N) is 1. The zero-order valence-electron chi connectivity index (χ0n) is 12.7. The van der Waals surface area contributed by atoms with Gasteiger partial charge in [-0.2, -0.15) is 0 Å². The maximum absolute atomic E-state index is 12.1. The maximum atomic E-state index is 12.1. The number of amides is 2. The molecule has 0 radical (unpaired) electrons. The molecule has 0 aromatic heterocycles. The third-order valence-corrected chi connectivity index (χ3v) is 4.18. The summed E-state index contributed by atoms with van der Waals surface area (Å²) in [5.41, 5.74) is 2.30. The minimum atomic E-state index is -0.336. The van der Waals surface area contributed by atoms with Gasteiger partial charge >= 0.3 is 0 Å². The third-order valence-electron chi connectivity index (χ3n) is 4.18. The molecule has 2 rings (SSSR count). The van der Waals surface area contributed by atoms with Crippen molar-refractivity contribution in [2.75, 3.05) is 20.8 Å². The molecule has 6 nitrogen and oxygen atoms in total. The highest BCUT2D eigenvalue weighted by Gasteiger charge is 2.38. The van der Waals surface area contributed by atoms with Crippen molar-refractivity contribution in [1.29, 1.82) is 0 Å². The second kappa shape index (κ2) is 6.76. The highest BCUT2D eigenvalue weighted by molar-refractivity contribution is 5.89. The number of carbonyl (C=O) groups is 2. The SMILES string of the molecule is CONC(=O)C1CC(=O)N([C@@H](C)C2C=CC(OC)=CC2)C1. The summed E-state index contributed by atoms with van der Waals surface area (Å²) in [5, 5.41) is 0. The predicted octanol–water partition coefficient (Wildman–Crippen LogP) is 1.01. The Morgan fingerprint density at radius 3 is 2.81 bits per heavy atom. The van der Waals surface area contributed by atoms with E-state index < -0.39 is 0 Å². The highest BCUT2D eigenvalue weighted by atomic mass is 16.6. The first-order chi connectivity index (χ1) is 10.1. The minimum Gasteiger partial charge on any atom is -0.497 e. The molecule has 0 spiro atoms. The van der Waals surface area contributed by atoms with Crippen LogP contribution >= 0.6 is 0 Å². The number of hydrogen-bond acceptors (Lipinski definition) is 4. The first-order valence-corrected chi connectivity index (χ1v) is 7.11. The molecule has 0 aromatic rings. The van der Waals surface area contributed by atoms with Gasteiger partial charge in [0, 0.05) is 24.9 Å². The van der Waals surface area contributed by atoms with Crippen LogP contribution in [-0.2, 0) is 19.2 Å². The fraction of sp³-hybridized carbons (Fsp3) is 0.600. The summed E-state index contributed by atoms with van der Waals surface area (Å²) in [5.74, 6) is 0.549. The molecule has 0 aromatic carbocycles. The van der Waals surface area contributed by atoms with E-state index >= 15 is 0 Å². The molecule has 2 aliphatic rings. The molecule has 116 valence electrons. The molecule has 0 saturated carbocycles. The first kappa shape index (κ1) is 15.6. The molecule has 2 amide bonds. The van der Waals surface area contributed by atoms with Crippen molar-refractivity contribution in [3.05, 3.63) is 24.0 Å². The van der Waals surface area contributed by atoms with Crippen molar-refractivity contribution in [3.63, 3.8) is 0 Å². The molecule has 3 atom stereocenters. The molecule has 21 heavy (non-hydrogen) atoms. The number of methoxy groups -OCH3 is 1. The number of likely N-dealkylation sites (tertiary alicyclic amines) is 1. The van der Waals surface area contributed by atoms with Gasteiger partial charge in [-0.1, -0.05) is 6.08 Å². The second-order valence-electron chi connectivity index (χ2n) is 5.43. The van der Waals surface area contributed by atoms with Gasteiger partial charge in [-0.05, 0) is 25.5 Å². The molecule has 2 unspecified atom stereocenters. The van der Waals surface area contributed by atoms with Crippen molar-refractivity contribution in [1.82, 2.24) is 10.4 Å². The summed E-state index contributed by atoms with van der Waals surface area (Å²) in [6.45, 7) is 2.47. The fourth-order valence-electron chi connectivity index (χ4n) is 2.84. The predicted molar refractivity (Wildman–Crippen MR) is 76.8 cm³/mol. The standard InChI is InChI=1S/C15H22N2O4/c1-10(11-4-6-13(20-2)7-5-11)17-9-12(8-14(17)18)15(19)16-21-3/h4,6-7,10-12H,5,8-9H2,1-3H3,(H,16,19)/t10-,11?,12?/m0/s1. The summed E-state index contributed by atoms with van der Waals surface area (Å²) >= 11 is 0. The fourth-order valence-corrected chi connectivity index (χ4v) is 2.84. The molecule has 0 bridgehead atoms. The van der Waals surface area contributed by atoms with Crippen molar-refractivity contribution >= 4 is 11.8 Å². The molecular formula is C15H22N2O4. The number of hydroxylamine groups is 1. The van der Waals surface area contributed by atoms with Crippen molar-refractivity contribution in [2.24, 2.45) is 11.8 Å². The molecule has 1 N–H and O–H groups in total. The lowest BCUT2D eigenvalue weighted by molar-refractivity contribution is -0.135. The Hall–Kier alpha value is -1.82. The average molecular weight is 294 g/mol. The van der Waals surface area contributed by atoms with Gasteiger partial charge in [0.2, 0.25) is 11.8 Å². The van der Waals surface area contributed by atoms with Gasteiger partial charge < -0.3 is 9.64 Å². The zero-order chi connectivity index (χ0) is 15.4. The van der Waals surface area contributed by atoms with Crippen LogP contribution in [0.15, 0.2) is 24.0 Å². The van der Waals surface area contributed by atoms with E-state index in [1.165, 1.54) is 7.11 Å². The molecular weight excluding hydrogens is 272 g/mol. The average Bonchev–Trinajstić information content (AvgIpc) is 2.89. The smallest absolute Gasteiger partial charge is 0.248 e. The molecule has 6 heteroatoms. The maximum Gasteiger partial charge on any atom is 0.248 e. The van der Waals surface area contributed by atoms with Crippen LogP contribution in [-0.4, -0.2) is 43.5 Å². The Bertz CT molecular complexity index is 472. The van der Waals surface area contributed by atoms with Crippen LogP contribution < -0.4 is 5.48 Å². The van der Waals surface area contributed by atoms with Crippen LogP contribution in [0.5, 0.6) is 0 Å². The molecule has 1 saturated heterocycles. The van der Waals surface area contributed by atoms with E-state index in [0.29, 0.717) is 6.54 Å². The van der Waals surface area contributed by atoms with Gasteiger partial charge in [0.1, 0.15) is 5.76 Å². The Balaban J connectivity index is 1.96. The topological polar surface area (TPSA) is 67.9 Å². The molecule has 1 aliphatic heterocycles. The monoisotopic (exact) mass is 294 g/mol. The third kappa shape index (κ3) is 3.44. The number of carbonyl (C=O) groups excluding carboxylic acids is 2. The van der Waals surface area contributed by atoms with Gasteiger partial charge in [-0.3, -0.25) is 14.4 Å². The van der Waals surface area contributed by atoms with Gasteiger partial charge in [0.05, 0.1) is 20.1 Å². The molecule has 1 fully saturated rings. The van der Waals surface area contributed by atoms with Crippen molar-refractivity contribution in [2.45, 2.75) is 25.8 Å². The number of ether oxygens (including phenoxy) is 1. The summed E-state index contributed by atoms with van der Waals surface area (Å²) in [7, 11) is 3.03. The van der Waals surface area contributed by atoms with Crippen LogP contribution in [0.2, 0.25) is 0 Å². The quantitative estimate of drug-likeness (QED) is 0.768. The molecule has 1 heterocycles. The van der Waals surface area contributed by atoms with Crippen LogP contribution in [0.25, 0.3) is 0 Å². The Morgan fingerprint density at radius 2 is 2.24 bits per heavy atom. The summed E-state index contributed by atoms with van der Waals surface area (Å²) in [4.78, 5) is 30.3. The van der Waals surface area contributed by atoms with E-state index in [1.54, 1.807) is 12.0 Å². The number of hydrogen-bond donors (Lipinski definition) is 1. The lowest BCUT2D eigenvalue weighted by Crippen LogP contribution is -2.40. The van der Waals surface area contributed by atoms with Gasteiger partial charge in [0.25, 0.3) is 0 Å². The van der Waals surface area contributed by atoms with Crippen LogP contribution in [0.1, 0.15) is 19.8 Å². The minimum absolute atomic E-state index is 0.0219. The van der Waals surface area contributed by atoms with Crippen LogP contribution in [0.4, 0.5) is 0 Å². The van der Waals surface area contributed by atoms with Gasteiger partial charge in [0.15, 0.2) is 0 Å². The number of allylic oxidation sites excluding steroid dienone is 2. The summed E-state index contributed by atoms with van der Waals surface area (Å²) < 4.78 is 5.17. The first-order valence-electron chi connectivity index (χ1n) is 7.11. The second-order valence-corrected chi connectivity index (χ2v) is 5.43.